The Kier molecular flexibility index (Phi) is 2.87. The van der Waals surface area contributed by atoms with Crippen molar-refractivity contribution >= 4 is 5.78 Å². The van der Waals surface area contributed by atoms with Crippen LogP contribution >= 0.6 is 0 Å². The lowest BCUT2D eigenvalue weighted by molar-refractivity contribution is 0.0922. The van der Waals surface area contributed by atoms with E-state index in [0.29, 0.717) is 5.78 Å². The van der Waals surface area contributed by atoms with Crippen molar-refractivity contribution in [2.24, 2.45) is 5.92 Å². The van der Waals surface area contributed by atoms with Crippen LogP contribution in [0.25, 0.3) is 0 Å². The molecule has 0 saturated heterocycles. The van der Waals surface area contributed by atoms with Gasteiger partial charge in [0.2, 0.25) is 0 Å². The average molecular weight is 230 g/mol. The standard InChI is InChI=1S/C15H18O2/c16-15(11-4-1-2-5-11)13-7-8-14-12(10-13)6-3-9-17-14/h7-8,10-11H,1-6,9H2. The summed E-state index contributed by atoms with van der Waals surface area (Å²) in [4.78, 5) is 12.3. The maximum atomic E-state index is 12.3. The van der Waals surface area contributed by atoms with Crippen LogP contribution < -0.4 is 4.74 Å². The van der Waals surface area contributed by atoms with Crippen molar-refractivity contribution in [3.63, 3.8) is 0 Å². The third-order valence-electron chi connectivity index (χ3n) is 3.92. The molecular weight excluding hydrogens is 212 g/mol. The number of fused-ring (bicyclic) bond motifs is 1. The van der Waals surface area contributed by atoms with Crippen molar-refractivity contribution < 1.29 is 9.53 Å². The number of benzene rings is 1. The highest BCUT2D eigenvalue weighted by Gasteiger charge is 2.24. The largest absolute Gasteiger partial charge is 0.493 e. The molecule has 0 N–H and O–H groups in total. The van der Waals surface area contributed by atoms with Crippen LogP contribution in [0.15, 0.2) is 18.2 Å². The van der Waals surface area contributed by atoms with Crippen LogP contribution in [0.1, 0.15) is 48.0 Å². The minimum atomic E-state index is 0.276. The zero-order chi connectivity index (χ0) is 11.7. The molecule has 0 spiro atoms. The molecule has 1 aliphatic carbocycles. The van der Waals surface area contributed by atoms with Crippen molar-refractivity contribution in [2.75, 3.05) is 6.61 Å². The highest BCUT2D eigenvalue weighted by molar-refractivity contribution is 5.98. The Labute approximate surface area is 102 Å². The van der Waals surface area contributed by atoms with E-state index in [4.69, 9.17) is 4.74 Å². The van der Waals surface area contributed by atoms with Crippen molar-refractivity contribution in [3.05, 3.63) is 29.3 Å². The molecule has 2 nitrogen and oxygen atoms in total. The maximum Gasteiger partial charge on any atom is 0.165 e. The molecule has 1 aromatic rings. The molecule has 2 aliphatic rings. The van der Waals surface area contributed by atoms with Crippen LogP contribution in [0, 0.1) is 5.92 Å². The lowest BCUT2D eigenvalue weighted by Crippen LogP contribution is -2.13. The van der Waals surface area contributed by atoms with Gasteiger partial charge in [-0.25, -0.2) is 0 Å². The van der Waals surface area contributed by atoms with Gasteiger partial charge in [-0.05, 0) is 49.4 Å². The third-order valence-corrected chi connectivity index (χ3v) is 3.92. The van der Waals surface area contributed by atoms with Gasteiger partial charge in [0.25, 0.3) is 0 Å². The molecule has 0 radical (unpaired) electrons. The van der Waals surface area contributed by atoms with Crippen molar-refractivity contribution in [2.45, 2.75) is 38.5 Å². The normalized spacial score (nSPS) is 19.8. The summed E-state index contributed by atoms with van der Waals surface area (Å²) in [7, 11) is 0. The zero-order valence-corrected chi connectivity index (χ0v) is 10.1. The molecule has 1 heterocycles. The van der Waals surface area contributed by atoms with Gasteiger partial charge >= 0.3 is 0 Å². The van der Waals surface area contributed by atoms with E-state index < -0.39 is 0 Å². The lowest BCUT2D eigenvalue weighted by atomic mass is 9.93. The average Bonchev–Trinajstić information content (AvgIpc) is 2.91. The number of carbonyl (C=O) groups is 1. The van der Waals surface area contributed by atoms with E-state index in [1.54, 1.807) is 0 Å². The van der Waals surface area contributed by atoms with Gasteiger partial charge in [-0.2, -0.15) is 0 Å². The Bertz CT molecular complexity index is 431. The van der Waals surface area contributed by atoms with Crippen LogP contribution in [0.5, 0.6) is 5.75 Å². The molecule has 90 valence electrons. The van der Waals surface area contributed by atoms with E-state index in [1.807, 2.05) is 12.1 Å². The first-order valence-electron chi connectivity index (χ1n) is 6.64. The van der Waals surface area contributed by atoms with Gasteiger partial charge in [-0.3, -0.25) is 4.79 Å². The highest BCUT2D eigenvalue weighted by atomic mass is 16.5. The maximum absolute atomic E-state index is 12.3. The third kappa shape index (κ3) is 2.08. The molecule has 2 heteroatoms. The molecule has 1 aliphatic heterocycles. The number of Topliss-reactive ketones (excluding diaryl/α,β-unsaturated/α-hetero) is 1. The van der Waals surface area contributed by atoms with E-state index in [-0.39, 0.29) is 5.92 Å². The summed E-state index contributed by atoms with van der Waals surface area (Å²) in [6.45, 7) is 0.808. The van der Waals surface area contributed by atoms with E-state index in [0.717, 1.165) is 43.6 Å². The summed E-state index contributed by atoms with van der Waals surface area (Å²) >= 11 is 0. The van der Waals surface area contributed by atoms with Crippen LogP contribution in [0.2, 0.25) is 0 Å². The Morgan fingerprint density at radius 1 is 1.18 bits per heavy atom. The van der Waals surface area contributed by atoms with Gasteiger partial charge in [0.05, 0.1) is 6.61 Å². The molecule has 1 fully saturated rings. The number of carbonyl (C=O) groups excluding carboxylic acids is 1. The van der Waals surface area contributed by atoms with E-state index >= 15 is 0 Å². The molecule has 0 atom stereocenters. The molecule has 1 aromatic carbocycles. The van der Waals surface area contributed by atoms with E-state index in [2.05, 4.69) is 6.07 Å². The molecule has 0 unspecified atom stereocenters. The minimum absolute atomic E-state index is 0.276. The smallest absolute Gasteiger partial charge is 0.165 e. The van der Waals surface area contributed by atoms with Crippen LogP contribution in [0.3, 0.4) is 0 Å². The van der Waals surface area contributed by atoms with Crippen molar-refractivity contribution in [1.29, 1.82) is 0 Å². The van der Waals surface area contributed by atoms with Gasteiger partial charge in [-0.1, -0.05) is 12.8 Å². The van der Waals surface area contributed by atoms with Crippen LogP contribution in [-0.2, 0) is 6.42 Å². The monoisotopic (exact) mass is 230 g/mol. The predicted octanol–water partition coefficient (Wildman–Crippen LogP) is 3.38. The number of aryl methyl sites for hydroxylation is 1. The summed E-state index contributed by atoms with van der Waals surface area (Å²) in [5.41, 5.74) is 2.10. The van der Waals surface area contributed by atoms with Crippen LogP contribution in [0.4, 0.5) is 0 Å². The van der Waals surface area contributed by atoms with Gasteiger partial charge in [0.15, 0.2) is 5.78 Å². The number of rotatable bonds is 2. The van der Waals surface area contributed by atoms with Crippen molar-refractivity contribution in [1.82, 2.24) is 0 Å². The summed E-state index contributed by atoms with van der Waals surface area (Å²) < 4.78 is 5.57. The second-order valence-electron chi connectivity index (χ2n) is 5.12. The first kappa shape index (κ1) is 10.8. The van der Waals surface area contributed by atoms with Crippen LogP contribution in [-0.4, -0.2) is 12.4 Å². The Morgan fingerprint density at radius 2 is 2.00 bits per heavy atom. The lowest BCUT2D eigenvalue weighted by Gasteiger charge is -2.18. The number of hydrogen-bond acceptors (Lipinski definition) is 2. The molecular formula is C15H18O2. The van der Waals surface area contributed by atoms with Gasteiger partial charge in [-0.15, -0.1) is 0 Å². The fourth-order valence-electron chi connectivity index (χ4n) is 2.94. The van der Waals surface area contributed by atoms with Gasteiger partial charge in [0, 0.05) is 11.5 Å². The molecule has 0 aromatic heterocycles. The molecule has 0 amide bonds. The molecule has 17 heavy (non-hydrogen) atoms. The van der Waals surface area contributed by atoms with Gasteiger partial charge in [0.1, 0.15) is 5.75 Å². The summed E-state index contributed by atoms with van der Waals surface area (Å²) in [5, 5.41) is 0. The Morgan fingerprint density at radius 3 is 2.82 bits per heavy atom. The highest BCUT2D eigenvalue weighted by Crippen LogP contribution is 2.31. The molecule has 0 bridgehead atoms. The molecule has 3 rings (SSSR count). The first-order valence-corrected chi connectivity index (χ1v) is 6.64. The van der Waals surface area contributed by atoms with E-state index in [1.165, 1.54) is 18.4 Å². The topological polar surface area (TPSA) is 26.3 Å². The summed E-state index contributed by atoms with van der Waals surface area (Å²) in [5.74, 6) is 1.59. The Balaban J connectivity index is 1.85. The van der Waals surface area contributed by atoms with E-state index in [9.17, 15) is 4.79 Å². The fraction of sp³-hybridized carbons (Fsp3) is 0.533. The summed E-state index contributed by atoms with van der Waals surface area (Å²) in [6.07, 6.45) is 6.68. The quantitative estimate of drug-likeness (QED) is 0.728. The summed E-state index contributed by atoms with van der Waals surface area (Å²) in [6, 6.07) is 5.95. The first-order chi connectivity index (χ1) is 8.34. The second kappa shape index (κ2) is 4.52. The number of ether oxygens (including phenoxy) is 1. The van der Waals surface area contributed by atoms with Gasteiger partial charge < -0.3 is 4.74 Å². The fourth-order valence-corrected chi connectivity index (χ4v) is 2.94. The SMILES string of the molecule is O=C(c1ccc2c(c1)CCCO2)C1CCCC1. The molecule has 1 saturated carbocycles. The number of hydrogen-bond donors (Lipinski definition) is 0. The van der Waals surface area contributed by atoms with Crippen molar-refractivity contribution in [3.8, 4) is 5.75 Å². The number of ketones is 1. The predicted molar refractivity (Wildman–Crippen MR) is 66.5 cm³/mol. The second-order valence-corrected chi connectivity index (χ2v) is 5.12. The Hall–Kier alpha value is -1.31. The minimum Gasteiger partial charge on any atom is -0.493 e. The zero-order valence-electron chi connectivity index (χ0n) is 10.1.